The molecule has 1 atom stereocenters. The molecule has 0 radical (unpaired) electrons. The molecule has 0 saturated carbocycles. The molecule has 3 rings (SSSR count). The Hall–Kier alpha value is -2.67. The van der Waals surface area contributed by atoms with Crippen molar-refractivity contribution >= 4 is 27.5 Å². The highest BCUT2D eigenvalue weighted by Crippen LogP contribution is 2.29. The zero-order valence-electron chi connectivity index (χ0n) is 16.5. The molecule has 30 heavy (non-hydrogen) atoms. The highest BCUT2D eigenvalue weighted by atomic mass is 35.5. The molecule has 2 N–H and O–H groups in total. The number of sulfonamides is 1. The van der Waals surface area contributed by atoms with E-state index in [0.29, 0.717) is 17.0 Å². The van der Waals surface area contributed by atoms with Crippen LogP contribution in [0.3, 0.4) is 0 Å². The van der Waals surface area contributed by atoms with E-state index in [1.807, 2.05) is 31.2 Å². The summed E-state index contributed by atoms with van der Waals surface area (Å²) in [6.45, 7) is 2.06. The first-order valence-corrected chi connectivity index (χ1v) is 11.3. The number of amides is 1. The quantitative estimate of drug-likeness (QED) is 0.570. The van der Waals surface area contributed by atoms with Gasteiger partial charge in [0.25, 0.3) is 0 Å². The number of carbonyl (C=O) groups excluding carboxylic acids is 1. The molecule has 5 nitrogen and oxygen atoms in total. The molecule has 0 aliphatic rings. The number of nitrogens with zero attached hydrogens (tertiary/aromatic N) is 1. The van der Waals surface area contributed by atoms with Crippen LogP contribution in [0.25, 0.3) is 0 Å². The van der Waals surface area contributed by atoms with Gasteiger partial charge in [0.2, 0.25) is 15.9 Å². The average Bonchev–Trinajstić information content (AvgIpc) is 2.72. The second kappa shape index (κ2) is 9.43. The van der Waals surface area contributed by atoms with Gasteiger partial charge in [-0.3, -0.25) is 4.79 Å². The van der Waals surface area contributed by atoms with E-state index in [1.165, 1.54) is 28.6 Å². The molecule has 0 fully saturated rings. The minimum Gasteiger partial charge on any atom is -0.368 e. The lowest BCUT2D eigenvalue weighted by Crippen LogP contribution is -2.42. The van der Waals surface area contributed by atoms with Gasteiger partial charge in [-0.25, -0.2) is 8.42 Å². The minimum absolute atomic E-state index is 0.0545. The van der Waals surface area contributed by atoms with Crippen LogP contribution in [0.5, 0.6) is 0 Å². The smallest absolute Gasteiger partial charge is 0.244 e. The van der Waals surface area contributed by atoms with Crippen molar-refractivity contribution in [1.29, 1.82) is 0 Å². The molecular weight excluding hydrogens is 420 g/mol. The topological polar surface area (TPSA) is 80.5 Å². The fraction of sp³-hybridized carbons (Fsp3) is 0.174. The number of carbonyl (C=O) groups is 1. The molecule has 1 unspecified atom stereocenters. The number of rotatable bonds is 8. The molecule has 0 heterocycles. The van der Waals surface area contributed by atoms with Crippen LogP contribution in [0.2, 0.25) is 5.02 Å². The van der Waals surface area contributed by atoms with Gasteiger partial charge in [-0.2, -0.15) is 4.31 Å². The Balaban J connectivity index is 2.06. The fourth-order valence-corrected chi connectivity index (χ4v) is 5.07. The molecule has 7 heteroatoms. The largest absolute Gasteiger partial charge is 0.368 e. The van der Waals surface area contributed by atoms with Gasteiger partial charge in [0.15, 0.2) is 0 Å². The lowest BCUT2D eigenvalue weighted by atomic mass is 10.0. The van der Waals surface area contributed by atoms with Gasteiger partial charge < -0.3 is 5.73 Å². The van der Waals surface area contributed by atoms with Crippen LogP contribution in [0, 0.1) is 6.92 Å². The molecule has 0 aliphatic carbocycles. The average molecular weight is 443 g/mol. The van der Waals surface area contributed by atoms with E-state index in [2.05, 4.69) is 0 Å². The van der Waals surface area contributed by atoms with Crippen molar-refractivity contribution < 1.29 is 13.2 Å². The summed E-state index contributed by atoms with van der Waals surface area (Å²) in [4.78, 5) is 12.5. The summed E-state index contributed by atoms with van der Waals surface area (Å²) < 4.78 is 28.3. The molecule has 3 aromatic carbocycles. The van der Waals surface area contributed by atoms with Crippen molar-refractivity contribution in [3.05, 3.63) is 101 Å². The van der Waals surface area contributed by atoms with Crippen LogP contribution in [0.15, 0.2) is 83.8 Å². The lowest BCUT2D eigenvalue weighted by Gasteiger charge is -2.29. The van der Waals surface area contributed by atoms with Crippen LogP contribution < -0.4 is 5.73 Å². The van der Waals surface area contributed by atoms with Gasteiger partial charge in [0, 0.05) is 11.6 Å². The van der Waals surface area contributed by atoms with E-state index in [-0.39, 0.29) is 11.4 Å². The normalized spacial score (nSPS) is 12.6. The molecule has 0 spiro atoms. The first-order chi connectivity index (χ1) is 14.3. The van der Waals surface area contributed by atoms with Gasteiger partial charge in [-0.1, -0.05) is 66.2 Å². The SMILES string of the molecule is Cc1ccccc1CCN(C(C(N)=O)c1ccccc1)S(=O)(=O)c1ccc(Cl)cc1. The van der Waals surface area contributed by atoms with Gasteiger partial charge in [-0.05, 0) is 54.3 Å². The monoisotopic (exact) mass is 442 g/mol. The highest BCUT2D eigenvalue weighted by molar-refractivity contribution is 7.89. The van der Waals surface area contributed by atoms with Gasteiger partial charge in [0.1, 0.15) is 6.04 Å². The third-order valence-electron chi connectivity index (χ3n) is 4.96. The van der Waals surface area contributed by atoms with Crippen LogP contribution in [-0.2, 0) is 21.2 Å². The Morgan fingerprint density at radius 3 is 2.17 bits per heavy atom. The van der Waals surface area contributed by atoms with E-state index in [4.69, 9.17) is 17.3 Å². The molecule has 3 aromatic rings. The second-order valence-electron chi connectivity index (χ2n) is 6.96. The number of hydrogen-bond acceptors (Lipinski definition) is 3. The predicted molar refractivity (Wildman–Crippen MR) is 119 cm³/mol. The molecular formula is C23H23ClN2O3S. The van der Waals surface area contributed by atoms with Gasteiger partial charge in [-0.15, -0.1) is 0 Å². The van der Waals surface area contributed by atoms with Crippen molar-refractivity contribution in [3.8, 4) is 0 Å². The summed E-state index contributed by atoms with van der Waals surface area (Å²) in [6, 6.07) is 21.2. The summed E-state index contributed by atoms with van der Waals surface area (Å²) in [7, 11) is -4.02. The molecule has 156 valence electrons. The second-order valence-corrected chi connectivity index (χ2v) is 9.29. The van der Waals surface area contributed by atoms with Crippen molar-refractivity contribution in [3.63, 3.8) is 0 Å². The van der Waals surface area contributed by atoms with Crippen molar-refractivity contribution in [2.24, 2.45) is 5.73 Å². The standard InChI is InChI=1S/C23H23ClN2O3S/c1-17-7-5-6-8-18(17)15-16-26(22(23(25)27)19-9-3-2-4-10-19)30(28,29)21-13-11-20(24)12-14-21/h2-14,22H,15-16H2,1H3,(H2,25,27). The summed E-state index contributed by atoms with van der Waals surface area (Å²) >= 11 is 5.93. The molecule has 0 aliphatic heterocycles. The third-order valence-corrected chi connectivity index (χ3v) is 7.09. The molecule has 0 bridgehead atoms. The summed E-state index contributed by atoms with van der Waals surface area (Å²) in [5.74, 6) is -0.733. The Labute approximate surface area is 182 Å². The Bertz CT molecular complexity index is 1120. The van der Waals surface area contributed by atoms with Crippen LogP contribution >= 0.6 is 11.6 Å². The summed E-state index contributed by atoms with van der Waals surface area (Å²) in [6.07, 6.45) is 0.441. The Morgan fingerprint density at radius 2 is 1.57 bits per heavy atom. The lowest BCUT2D eigenvalue weighted by molar-refractivity contribution is -0.121. The van der Waals surface area contributed by atoms with E-state index in [0.717, 1.165) is 11.1 Å². The summed E-state index contributed by atoms with van der Waals surface area (Å²) in [5, 5.41) is 0.426. The first kappa shape index (κ1) is 22.0. The Morgan fingerprint density at radius 1 is 0.967 bits per heavy atom. The number of benzene rings is 3. The van der Waals surface area contributed by atoms with Crippen LogP contribution in [0.4, 0.5) is 0 Å². The van der Waals surface area contributed by atoms with Gasteiger partial charge in [0.05, 0.1) is 4.90 Å². The number of aryl methyl sites for hydroxylation is 1. The maximum atomic E-state index is 13.5. The highest BCUT2D eigenvalue weighted by Gasteiger charge is 2.35. The van der Waals surface area contributed by atoms with Gasteiger partial charge >= 0.3 is 0 Å². The van der Waals surface area contributed by atoms with Crippen LogP contribution in [0.1, 0.15) is 22.7 Å². The van der Waals surface area contributed by atoms with E-state index < -0.39 is 22.0 Å². The molecule has 0 saturated heterocycles. The zero-order chi connectivity index (χ0) is 21.7. The zero-order valence-corrected chi connectivity index (χ0v) is 18.1. The van der Waals surface area contributed by atoms with E-state index in [1.54, 1.807) is 30.3 Å². The third kappa shape index (κ3) is 4.90. The Kier molecular flexibility index (Phi) is 6.92. The minimum atomic E-state index is -4.02. The molecule has 1 amide bonds. The predicted octanol–water partition coefficient (Wildman–Crippen LogP) is 4.11. The number of halogens is 1. The van der Waals surface area contributed by atoms with Crippen molar-refractivity contribution in [2.45, 2.75) is 24.3 Å². The fourth-order valence-electron chi connectivity index (χ4n) is 3.36. The molecule has 0 aromatic heterocycles. The van der Waals surface area contributed by atoms with E-state index >= 15 is 0 Å². The van der Waals surface area contributed by atoms with Crippen molar-refractivity contribution in [2.75, 3.05) is 6.54 Å². The number of hydrogen-bond donors (Lipinski definition) is 1. The van der Waals surface area contributed by atoms with E-state index in [9.17, 15) is 13.2 Å². The first-order valence-electron chi connectivity index (χ1n) is 9.47. The van der Waals surface area contributed by atoms with Crippen LogP contribution in [-0.4, -0.2) is 25.2 Å². The number of primary amides is 1. The maximum absolute atomic E-state index is 13.5. The van der Waals surface area contributed by atoms with Crippen molar-refractivity contribution in [1.82, 2.24) is 4.31 Å². The summed E-state index contributed by atoms with van der Waals surface area (Å²) in [5.41, 5.74) is 8.28. The maximum Gasteiger partial charge on any atom is 0.244 e. The number of nitrogens with two attached hydrogens (primary N) is 1.